The number of nitrogens with zero attached hydrogens (tertiary/aromatic N) is 2. The first kappa shape index (κ1) is 19.8. The highest BCUT2D eigenvalue weighted by atomic mass is 35.5. The Kier molecular flexibility index (Phi) is 5.65. The van der Waals surface area contributed by atoms with Crippen molar-refractivity contribution in [2.24, 2.45) is 0 Å². The zero-order valence-corrected chi connectivity index (χ0v) is 16.2. The minimum atomic E-state index is -0.707. The van der Waals surface area contributed by atoms with Gasteiger partial charge in [0.1, 0.15) is 5.02 Å². The molecule has 1 aromatic heterocycles. The summed E-state index contributed by atoms with van der Waals surface area (Å²) in [6, 6.07) is 6.47. The van der Waals surface area contributed by atoms with Crippen molar-refractivity contribution in [3.8, 4) is 0 Å². The van der Waals surface area contributed by atoms with Crippen LogP contribution in [0, 0.1) is 24.0 Å². The van der Waals surface area contributed by atoms with Gasteiger partial charge in [0.05, 0.1) is 4.92 Å². The van der Waals surface area contributed by atoms with E-state index in [4.69, 9.17) is 16.3 Å². The molecule has 0 radical (unpaired) electrons. The molecule has 1 fully saturated rings. The van der Waals surface area contributed by atoms with Crippen LogP contribution in [0.5, 0.6) is 0 Å². The van der Waals surface area contributed by atoms with E-state index in [9.17, 15) is 19.7 Å². The van der Waals surface area contributed by atoms with Gasteiger partial charge in [-0.3, -0.25) is 14.9 Å². The maximum Gasteiger partial charge on any atom is 0.331 e. The molecule has 0 aliphatic heterocycles. The van der Waals surface area contributed by atoms with Crippen molar-refractivity contribution in [2.45, 2.75) is 32.7 Å². The second-order valence-corrected chi connectivity index (χ2v) is 7.13. The highest BCUT2D eigenvalue weighted by Gasteiger charge is 2.28. The van der Waals surface area contributed by atoms with E-state index in [2.05, 4.69) is 4.57 Å². The van der Waals surface area contributed by atoms with E-state index in [0.29, 0.717) is 17.2 Å². The highest BCUT2D eigenvalue weighted by Crippen LogP contribution is 2.38. The van der Waals surface area contributed by atoms with E-state index >= 15 is 0 Å². The van der Waals surface area contributed by atoms with Gasteiger partial charge >= 0.3 is 5.97 Å². The zero-order valence-electron chi connectivity index (χ0n) is 15.5. The molecule has 0 bridgehead atoms. The van der Waals surface area contributed by atoms with Crippen LogP contribution in [0.3, 0.4) is 0 Å². The number of nitro groups is 1. The Morgan fingerprint density at radius 2 is 2.04 bits per heavy atom. The van der Waals surface area contributed by atoms with Crippen LogP contribution in [0.25, 0.3) is 6.08 Å². The SMILES string of the molecule is Cc1cc(C(=O)COC(=O)/C=C/c2ccc(Cl)c([N+](=O)[O-])c2)c(C)n1C1CC1. The van der Waals surface area contributed by atoms with Crippen LogP contribution in [0.2, 0.25) is 5.02 Å². The number of Topliss-reactive ketones (excluding diaryl/α,β-unsaturated/α-hetero) is 1. The number of hydrogen-bond acceptors (Lipinski definition) is 5. The fourth-order valence-electron chi connectivity index (χ4n) is 3.15. The number of rotatable bonds is 7. The molecule has 1 aromatic carbocycles. The van der Waals surface area contributed by atoms with Gasteiger partial charge in [0.25, 0.3) is 5.69 Å². The third-order valence-corrected chi connectivity index (χ3v) is 4.94. The number of benzene rings is 1. The van der Waals surface area contributed by atoms with Crippen molar-refractivity contribution >= 4 is 35.1 Å². The average molecular weight is 403 g/mol. The van der Waals surface area contributed by atoms with Crippen molar-refractivity contribution in [1.29, 1.82) is 0 Å². The van der Waals surface area contributed by atoms with E-state index in [1.54, 1.807) is 0 Å². The number of halogens is 1. The van der Waals surface area contributed by atoms with Crippen molar-refractivity contribution < 1.29 is 19.2 Å². The number of carbonyl (C=O) groups is 2. The largest absolute Gasteiger partial charge is 0.454 e. The van der Waals surface area contributed by atoms with E-state index in [1.807, 2.05) is 19.9 Å². The van der Waals surface area contributed by atoms with Crippen LogP contribution in [0.15, 0.2) is 30.3 Å². The van der Waals surface area contributed by atoms with Crippen molar-refractivity contribution in [3.05, 3.63) is 68.0 Å². The number of ketones is 1. The minimum Gasteiger partial charge on any atom is -0.454 e. The van der Waals surface area contributed by atoms with Gasteiger partial charge in [-0.25, -0.2) is 4.79 Å². The van der Waals surface area contributed by atoms with Gasteiger partial charge in [-0.1, -0.05) is 17.7 Å². The molecule has 0 atom stereocenters. The standard InChI is InChI=1S/C20H19ClN2O5/c1-12-9-16(13(2)22(12)15-5-6-15)19(24)11-28-20(25)8-4-14-3-7-17(21)18(10-14)23(26)27/h3-4,7-10,15H,5-6,11H2,1-2H3/b8-4+. The summed E-state index contributed by atoms with van der Waals surface area (Å²) >= 11 is 5.75. The third-order valence-electron chi connectivity index (χ3n) is 4.62. The first-order valence-electron chi connectivity index (χ1n) is 8.78. The van der Waals surface area contributed by atoms with Crippen molar-refractivity contribution in [3.63, 3.8) is 0 Å². The summed E-state index contributed by atoms with van der Waals surface area (Å²) in [7, 11) is 0. The molecule has 0 unspecified atom stereocenters. The van der Waals surface area contributed by atoms with Gasteiger partial charge in [-0.05, 0) is 50.5 Å². The lowest BCUT2D eigenvalue weighted by atomic mass is 10.1. The van der Waals surface area contributed by atoms with Gasteiger partial charge < -0.3 is 9.30 Å². The van der Waals surface area contributed by atoms with Crippen LogP contribution in [-0.2, 0) is 9.53 Å². The fraction of sp³-hybridized carbons (Fsp3) is 0.300. The molecule has 8 heteroatoms. The summed E-state index contributed by atoms with van der Waals surface area (Å²) in [6.45, 7) is 3.49. The Morgan fingerprint density at radius 1 is 1.32 bits per heavy atom. The topological polar surface area (TPSA) is 91.4 Å². The lowest BCUT2D eigenvalue weighted by Crippen LogP contribution is -2.13. The fourth-order valence-corrected chi connectivity index (χ4v) is 3.34. The molecular weight excluding hydrogens is 384 g/mol. The van der Waals surface area contributed by atoms with Gasteiger partial charge in [0, 0.05) is 35.1 Å². The predicted molar refractivity (Wildman–Crippen MR) is 105 cm³/mol. The summed E-state index contributed by atoms with van der Waals surface area (Å²) in [5, 5.41) is 10.9. The van der Waals surface area contributed by atoms with Crippen LogP contribution in [0.1, 0.15) is 46.2 Å². The van der Waals surface area contributed by atoms with Crippen molar-refractivity contribution in [2.75, 3.05) is 6.61 Å². The molecule has 1 saturated carbocycles. The van der Waals surface area contributed by atoms with E-state index in [1.165, 1.54) is 24.3 Å². The molecule has 7 nitrogen and oxygen atoms in total. The molecule has 2 aromatic rings. The van der Waals surface area contributed by atoms with Crippen LogP contribution >= 0.6 is 11.6 Å². The van der Waals surface area contributed by atoms with E-state index in [0.717, 1.165) is 30.3 Å². The number of hydrogen-bond donors (Lipinski definition) is 0. The number of carbonyl (C=O) groups excluding carboxylic acids is 2. The lowest BCUT2D eigenvalue weighted by Gasteiger charge is -2.07. The molecule has 0 saturated heterocycles. The molecule has 0 spiro atoms. The van der Waals surface area contributed by atoms with Crippen LogP contribution in [-0.4, -0.2) is 27.8 Å². The summed E-state index contributed by atoms with van der Waals surface area (Å²) < 4.78 is 7.17. The summed E-state index contributed by atoms with van der Waals surface area (Å²) in [5.74, 6) is -0.967. The third kappa shape index (κ3) is 4.31. The van der Waals surface area contributed by atoms with Gasteiger partial charge in [-0.2, -0.15) is 0 Å². The Morgan fingerprint density at radius 3 is 2.68 bits per heavy atom. The monoisotopic (exact) mass is 402 g/mol. The number of nitro benzene ring substituents is 1. The van der Waals surface area contributed by atoms with E-state index in [-0.39, 0.29) is 23.1 Å². The Labute approximate surface area is 166 Å². The summed E-state index contributed by atoms with van der Waals surface area (Å²) in [4.78, 5) is 34.6. The minimum absolute atomic E-state index is 0.0131. The molecule has 0 amide bonds. The average Bonchev–Trinajstić information content (AvgIpc) is 3.43. The smallest absolute Gasteiger partial charge is 0.331 e. The van der Waals surface area contributed by atoms with Gasteiger partial charge in [-0.15, -0.1) is 0 Å². The first-order valence-corrected chi connectivity index (χ1v) is 9.16. The van der Waals surface area contributed by atoms with Gasteiger partial charge in [0.2, 0.25) is 5.78 Å². The predicted octanol–water partition coefficient (Wildman–Crippen LogP) is 4.44. The second-order valence-electron chi connectivity index (χ2n) is 6.72. The highest BCUT2D eigenvalue weighted by molar-refractivity contribution is 6.32. The number of ether oxygens (including phenoxy) is 1. The lowest BCUT2D eigenvalue weighted by molar-refractivity contribution is -0.384. The summed E-state index contributed by atoms with van der Waals surface area (Å²) in [5.41, 5.74) is 2.66. The Hall–Kier alpha value is -2.93. The first-order chi connectivity index (χ1) is 13.3. The maximum absolute atomic E-state index is 12.4. The van der Waals surface area contributed by atoms with Crippen molar-refractivity contribution in [1.82, 2.24) is 4.57 Å². The van der Waals surface area contributed by atoms with E-state index < -0.39 is 10.9 Å². The number of aromatic nitrogens is 1. The molecule has 1 heterocycles. The Bertz CT molecular complexity index is 989. The quantitative estimate of drug-likeness (QED) is 0.224. The molecule has 146 valence electrons. The molecule has 0 N–H and O–H groups in total. The van der Waals surface area contributed by atoms with Crippen LogP contribution < -0.4 is 0 Å². The summed E-state index contributed by atoms with van der Waals surface area (Å²) in [6.07, 6.45) is 4.72. The zero-order chi connectivity index (χ0) is 20.4. The molecule has 1 aliphatic rings. The normalized spacial score (nSPS) is 13.7. The number of esters is 1. The molecule has 1 aliphatic carbocycles. The number of aryl methyl sites for hydroxylation is 1. The maximum atomic E-state index is 12.4. The molecular formula is C20H19ClN2O5. The Balaban J connectivity index is 1.61. The van der Waals surface area contributed by atoms with Crippen LogP contribution in [0.4, 0.5) is 5.69 Å². The second kappa shape index (κ2) is 7.98. The van der Waals surface area contributed by atoms with Gasteiger partial charge in [0.15, 0.2) is 6.61 Å². The molecule has 28 heavy (non-hydrogen) atoms. The molecule has 3 rings (SSSR count).